The molecule has 0 fully saturated rings. The summed E-state index contributed by atoms with van der Waals surface area (Å²) in [6, 6.07) is 3.52. The third kappa shape index (κ3) is 2.09. The Hall–Kier alpha value is -1.75. The van der Waals surface area contributed by atoms with Gasteiger partial charge in [0.2, 0.25) is 0 Å². The number of non-ortho nitro benzene ring substituents is 1. The van der Waals surface area contributed by atoms with Gasteiger partial charge in [0.05, 0.1) is 18.1 Å². The smallest absolute Gasteiger partial charge is 0.270 e. The van der Waals surface area contributed by atoms with Gasteiger partial charge in [-0.2, -0.15) is 0 Å². The van der Waals surface area contributed by atoms with Crippen LogP contribution in [-0.2, 0) is 4.74 Å². The van der Waals surface area contributed by atoms with E-state index in [0.29, 0.717) is 25.2 Å². The van der Waals surface area contributed by atoms with Crippen LogP contribution in [0.3, 0.4) is 0 Å². The second kappa shape index (κ2) is 4.40. The van der Waals surface area contributed by atoms with Gasteiger partial charge in [-0.15, -0.1) is 0 Å². The number of benzene rings is 1. The number of nitrogens with zero attached hydrogens (tertiary/aromatic N) is 1. The average molecular weight is 223 g/mol. The summed E-state index contributed by atoms with van der Waals surface area (Å²) < 4.78 is 18.7. The molecule has 1 aromatic rings. The van der Waals surface area contributed by atoms with Crippen molar-refractivity contribution in [1.29, 1.82) is 0 Å². The summed E-state index contributed by atoms with van der Waals surface area (Å²) in [5.74, 6) is -0.456. The minimum atomic E-state index is -0.535. The van der Waals surface area contributed by atoms with E-state index < -0.39 is 10.7 Å². The van der Waals surface area contributed by atoms with Gasteiger partial charge in [-0.25, -0.2) is 4.39 Å². The molecule has 0 N–H and O–H groups in total. The molecule has 4 nitrogen and oxygen atoms in total. The number of nitro benzene ring substituents is 1. The number of nitro groups is 1. The van der Waals surface area contributed by atoms with Crippen molar-refractivity contribution in [3.63, 3.8) is 0 Å². The molecule has 2 rings (SSSR count). The standard InChI is InChI=1S/C11H10FNO3/c12-11-4-3-9(13(14)15)6-10(11)8-2-1-5-16-7-8/h2-4,6H,1,5,7H2. The molecule has 0 unspecified atom stereocenters. The third-order valence-corrected chi connectivity index (χ3v) is 2.42. The van der Waals surface area contributed by atoms with Crippen LogP contribution in [0, 0.1) is 15.9 Å². The topological polar surface area (TPSA) is 52.4 Å². The molecule has 1 aliphatic heterocycles. The van der Waals surface area contributed by atoms with E-state index in [4.69, 9.17) is 4.74 Å². The van der Waals surface area contributed by atoms with Gasteiger partial charge in [0.25, 0.3) is 5.69 Å². The summed E-state index contributed by atoms with van der Waals surface area (Å²) in [5, 5.41) is 10.6. The molecule has 84 valence electrons. The summed E-state index contributed by atoms with van der Waals surface area (Å²) in [7, 11) is 0. The van der Waals surface area contributed by atoms with Gasteiger partial charge in [-0.05, 0) is 18.1 Å². The van der Waals surface area contributed by atoms with Gasteiger partial charge in [-0.1, -0.05) is 6.08 Å². The molecule has 0 amide bonds. The van der Waals surface area contributed by atoms with Crippen LogP contribution in [0.15, 0.2) is 24.3 Å². The Balaban J connectivity index is 2.42. The van der Waals surface area contributed by atoms with E-state index in [0.717, 1.165) is 12.1 Å². The van der Waals surface area contributed by atoms with Crippen molar-refractivity contribution in [1.82, 2.24) is 0 Å². The van der Waals surface area contributed by atoms with Gasteiger partial charge in [-0.3, -0.25) is 10.1 Å². The molecular weight excluding hydrogens is 213 g/mol. The Morgan fingerprint density at radius 2 is 2.25 bits per heavy atom. The molecule has 16 heavy (non-hydrogen) atoms. The highest BCUT2D eigenvalue weighted by Crippen LogP contribution is 2.25. The van der Waals surface area contributed by atoms with Crippen molar-refractivity contribution in [2.45, 2.75) is 6.42 Å². The fourth-order valence-electron chi connectivity index (χ4n) is 1.62. The summed E-state index contributed by atoms with van der Waals surface area (Å²) in [5.41, 5.74) is 0.823. The first-order valence-corrected chi connectivity index (χ1v) is 4.89. The Morgan fingerprint density at radius 3 is 2.88 bits per heavy atom. The predicted octanol–water partition coefficient (Wildman–Crippen LogP) is 2.54. The molecule has 0 aromatic heterocycles. The van der Waals surface area contributed by atoms with Gasteiger partial charge in [0, 0.05) is 17.7 Å². The summed E-state index contributed by atoms with van der Waals surface area (Å²) in [4.78, 5) is 10.0. The van der Waals surface area contributed by atoms with Crippen LogP contribution in [0.25, 0.3) is 5.57 Å². The van der Waals surface area contributed by atoms with Gasteiger partial charge in [0.15, 0.2) is 0 Å². The molecule has 0 bridgehead atoms. The minimum absolute atomic E-state index is 0.108. The first-order valence-electron chi connectivity index (χ1n) is 4.89. The Morgan fingerprint density at radius 1 is 1.44 bits per heavy atom. The highest BCUT2D eigenvalue weighted by molar-refractivity contribution is 5.69. The van der Waals surface area contributed by atoms with E-state index in [1.54, 1.807) is 0 Å². The fourth-order valence-corrected chi connectivity index (χ4v) is 1.62. The lowest BCUT2D eigenvalue weighted by Crippen LogP contribution is -2.06. The van der Waals surface area contributed by atoms with Crippen LogP contribution in [0.5, 0.6) is 0 Å². The fraction of sp³-hybridized carbons (Fsp3) is 0.273. The van der Waals surface area contributed by atoms with Crippen LogP contribution in [-0.4, -0.2) is 18.1 Å². The maximum Gasteiger partial charge on any atom is 0.270 e. The first kappa shape index (κ1) is 10.8. The van der Waals surface area contributed by atoms with E-state index in [1.165, 1.54) is 6.07 Å². The van der Waals surface area contributed by atoms with Crippen LogP contribution in [0.2, 0.25) is 0 Å². The summed E-state index contributed by atoms with van der Waals surface area (Å²) >= 11 is 0. The van der Waals surface area contributed by atoms with Crippen molar-refractivity contribution in [2.24, 2.45) is 0 Å². The lowest BCUT2D eigenvalue weighted by Gasteiger charge is -2.14. The molecule has 0 spiro atoms. The van der Waals surface area contributed by atoms with Crippen molar-refractivity contribution >= 4 is 11.3 Å². The zero-order valence-electron chi connectivity index (χ0n) is 8.48. The highest BCUT2D eigenvalue weighted by Gasteiger charge is 2.15. The van der Waals surface area contributed by atoms with Crippen LogP contribution in [0.4, 0.5) is 10.1 Å². The molecule has 5 heteroatoms. The van der Waals surface area contributed by atoms with E-state index in [-0.39, 0.29) is 11.3 Å². The molecule has 1 aliphatic rings. The molecule has 0 saturated carbocycles. The summed E-state index contributed by atoms with van der Waals surface area (Å²) in [6.07, 6.45) is 2.56. The Bertz CT molecular complexity index is 457. The molecule has 0 atom stereocenters. The number of halogens is 1. The summed E-state index contributed by atoms with van der Waals surface area (Å²) in [6.45, 7) is 0.915. The SMILES string of the molecule is O=[N+]([O-])c1ccc(F)c(C2=CCCOC2)c1. The van der Waals surface area contributed by atoms with Crippen molar-refractivity contribution in [3.05, 3.63) is 45.8 Å². The van der Waals surface area contributed by atoms with E-state index in [9.17, 15) is 14.5 Å². The van der Waals surface area contributed by atoms with Crippen molar-refractivity contribution < 1.29 is 14.1 Å². The molecule has 1 heterocycles. The largest absolute Gasteiger partial charge is 0.376 e. The van der Waals surface area contributed by atoms with Gasteiger partial charge >= 0.3 is 0 Å². The van der Waals surface area contributed by atoms with Gasteiger partial charge in [0.1, 0.15) is 5.82 Å². The molecule has 1 aromatic carbocycles. The zero-order chi connectivity index (χ0) is 11.5. The lowest BCUT2D eigenvalue weighted by molar-refractivity contribution is -0.384. The maximum absolute atomic E-state index is 13.5. The normalized spacial score (nSPS) is 15.7. The molecule has 0 radical (unpaired) electrons. The minimum Gasteiger partial charge on any atom is -0.376 e. The van der Waals surface area contributed by atoms with Crippen LogP contribution >= 0.6 is 0 Å². The van der Waals surface area contributed by atoms with Crippen molar-refractivity contribution in [3.8, 4) is 0 Å². The number of hydrogen-bond acceptors (Lipinski definition) is 3. The lowest BCUT2D eigenvalue weighted by atomic mass is 10.0. The molecular formula is C11H10FNO3. The molecule has 0 saturated heterocycles. The average Bonchev–Trinajstić information content (AvgIpc) is 2.30. The zero-order valence-corrected chi connectivity index (χ0v) is 8.48. The van der Waals surface area contributed by atoms with E-state index in [2.05, 4.69) is 0 Å². The molecule has 0 aliphatic carbocycles. The predicted molar refractivity (Wildman–Crippen MR) is 56.5 cm³/mol. The number of rotatable bonds is 2. The quantitative estimate of drug-likeness (QED) is 0.571. The van der Waals surface area contributed by atoms with Crippen LogP contribution < -0.4 is 0 Å². The van der Waals surface area contributed by atoms with E-state index in [1.807, 2.05) is 6.08 Å². The second-order valence-electron chi connectivity index (χ2n) is 3.49. The Kier molecular flexibility index (Phi) is 2.96. The Labute approximate surface area is 91.5 Å². The third-order valence-electron chi connectivity index (χ3n) is 2.42. The highest BCUT2D eigenvalue weighted by atomic mass is 19.1. The van der Waals surface area contributed by atoms with Crippen LogP contribution in [0.1, 0.15) is 12.0 Å². The van der Waals surface area contributed by atoms with Gasteiger partial charge < -0.3 is 4.74 Å². The maximum atomic E-state index is 13.5. The first-order chi connectivity index (χ1) is 7.68. The number of ether oxygens (including phenoxy) is 1. The second-order valence-corrected chi connectivity index (χ2v) is 3.49. The van der Waals surface area contributed by atoms with E-state index >= 15 is 0 Å². The van der Waals surface area contributed by atoms with Crippen molar-refractivity contribution in [2.75, 3.05) is 13.2 Å². The monoisotopic (exact) mass is 223 g/mol. The number of hydrogen-bond donors (Lipinski definition) is 0.